The van der Waals surface area contributed by atoms with E-state index in [1.807, 2.05) is 13.8 Å². The van der Waals surface area contributed by atoms with Gasteiger partial charge in [-0.1, -0.05) is 23.4 Å². The number of rotatable bonds is 8. The van der Waals surface area contributed by atoms with Gasteiger partial charge in [-0.25, -0.2) is 4.98 Å². The van der Waals surface area contributed by atoms with Crippen LogP contribution in [0.2, 0.25) is 5.02 Å². The number of halogens is 1. The maximum absolute atomic E-state index is 12.8. The number of aromatic nitrogens is 2. The van der Waals surface area contributed by atoms with E-state index < -0.39 is 0 Å². The van der Waals surface area contributed by atoms with E-state index in [-0.39, 0.29) is 23.4 Å². The number of esters is 1. The average molecular weight is 385 g/mol. The van der Waals surface area contributed by atoms with Crippen LogP contribution in [0.25, 0.3) is 10.9 Å². The molecule has 2 rings (SSSR count). The second-order valence-electron chi connectivity index (χ2n) is 5.65. The maximum atomic E-state index is 12.8. The minimum Gasteiger partial charge on any atom is -0.468 e. The summed E-state index contributed by atoms with van der Waals surface area (Å²) in [6.45, 7) is 4.93. The van der Waals surface area contributed by atoms with Crippen molar-refractivity contribution in [2.24, 2.45) is 0 Å². The smallest absolute Gasteiger partial charge is 0.316 e. The summed E-state index contributed by atoms with van der Waals surface area (Å²) in [4.78, 5) is 28.8. The Hall–Kier alpha value is -1.57. The number of carbonyl (C=O) groups is 1. The Morgan fingerprint density at radius 2 is 2.16 bits per heavy atom. The molecule has 0 fully saturated rings. The predicted octanol–water partition coefficient (Wildman–Crippen LogP) is 3.13. The number of methoxy groups -OCH3 is 1. The summed E-state index contributed by atoms with van der Waals surface area (Å²) in [7, 11) is 1.33. The van der Waals surface area contributed by atoms with Gasteiger partial charge >= 0.3 is 5.97 Å². The van der Waals surface area contributed by atoms with Crippen molar-refractivity contribution < 1.29 is 14.3 Å². The van der Waals surface area contributed by atoms with Crippen molar-refractivity contribution in [2.75, 3.05) is 19.5 Å². The number of fused-ring (bicyclic) bond motifs is 1. The third kappa shape index (κ3) is 5.45. The normalized spacial score (nSPS) is 11.2. The minimum atomic E-state index is -0.375. The Labute approximate surface area is 155 Å². The second kappa shape index (κ2) is 9.22. The van der Waals surface area contributed by atoms with E-state index in [0.29, 0.717) is 40.7 Å². The predicted molar refractivity (Wildman–Crippen MR) is 99.5 cm³/mol. The van der Waals surface area contributed by atoms with Crippen LogP contribution in [0.5, 0.6) is 0 Å². The molecule has 0 aliphatic heterocycles. The number of hydrogen-bond donors (Lipinski definition) is 0. The average Bonchev–Trinajstić information content (AvgIpc) is 2.57. The first kappa shape index (κ1) is 19.8. The van der Waals surface area contributed by atoms with Crippen LogP contribution in [0.4, 0.5) is 0 Å². The van der Waals surface area contributed by atoms with Crippen molar-refractivity contribution in [1.82, 2.24) is 9.55 Å². The van der Waals surface area contributed by atoms with E-state index >= 15 is 0 Å². The van der Waals surface area contributed by atoms with Gasteiger partial charge in [-0.2, -0.15) is 0 Å². The minimum absolute atomic E-state index is 0.0809. The number of ether oxygens (including phenoxy) is 2. The number of thioether (sulfide) groups is 1. The fraction of sp³-hybridized carbons (Fsp3) is 0.471. The number of benzene rings is 1. The fourth-order valence-corrected chi connectivity index (χ4v) is 3.23. The molecule has 0 amide bonds. The van der Waals surface area contributed by atoms with Gasteiger partial charge in [-0.3, -0.25) is 14.2 Å². The molecule has 0 saturated heterocycles. The molecule has 2 aromatic rings. The molecular formula is C17H21ClN2O4S. The van der Waals surface area contributed by atoms with E-state index in [1.54, 1.807) is 22.8 Å². The van der Waals surface area contributed by atoms with Gasteiger partial charge < -0.3 is 9.47 Å². The van der Waals surface area contributed by atoms with Crippen molar-refractivity contribution >= 4 is 40.2 Å². The molecule has 136 valence electrons. The third-order valence-corrected chi connectivity index (χ3v) is 4.59. The van der Waals surface area contributed by atoms with Crippen LogP contribution >= 0.6 is 23.4 Å². The lowest BCUT2D eigenvalue weighted by Crippen LogP contribution is -2.24. The number of carbonyl (C=O) groups excluding carboxylic acids is 1. The van der Waals surface area contributed by atoms with Gasteiger partial charge in [0.15, 0.2) is 5.16 Å². The number of hydrogen-bond acceptors (Lipinski definition) is 6. The SMILES string of the molecule is COC(=O)CSc1nc2cc(Cl)ccc2c(=O)n1CCCOC(C)C. The van der Waals surface area contributed by atoms with Crippen molar-refractivity contribution in [1.29, 1.82) is 0 Å². The molecule has 8 heteroatoms. The summed E-state index contributed by atoms with van der Waals surface area (Å²) >= 11 is 7.17. The quantitative estimate of drug-likeness (QED) is 0.301. The highest BCUT2D eigenvalue weighted by molar-refractivity contribution is 7.99. The molecule has 6 nitrogen and oxygen atoms in total. The molecule has 0 spiro atoms. The van der Waals surface area contributed by atoms with Gasteiger partial charge in [0.25, 0.3) is 5.56 Å². The molecule has 1 aromatic heterocycles. The molecule has 25 heavy (non-hydrogen) atoms. The van der Waals surface area contributed by atoms with Crippen LogP contribution in [0.15, 0.2) is 28.2 Å². The van der Waals surface area contributed by atoms with Crippen LogP contribution in [-0.2, 0) is 20.8 Å². The molecule has 0 bridgehead atoms. The molecule has 0 radical (unpaired) electrons. The van der Waals surface area contributed by atoms with Gasteiger partial charge in [0, 0.05) is 18.2 Å². The lowest BCUT2D eigenvalue weighted by Gasteiger charge is -2.13. The molecule has 0 N–H and O–H groups in total. The summed E-state index contributed by atoms with van der Waals surface area (Å²) in [6, 6.07) is 4.98. The molecule has 0 atom stereocenters. The number of nitrogens with zero attached hydrogens (tertiary/aromatic N) is 2. The highest BCUT2D eigenvalue weighted by Crippen LogP contribution is 2.20. The molecule has 0 unspecified atom stereocenters. The monoisotopic (exact) mass is 384 g/mol. The Morgan fingerprint density at radius 3 is 2.84 bits per heavy atom. The van der Waals surface area contributed by atoms with E-state index in [9.17, 15) is 9.59 Å². The fourth-order valence-electron chi connectivity index (χ4n) is 2.21. The standard InChI is InChI=1S/C17H21ClN2O4S/c1-11(2)24-8-4-7-20-16(22)13-6-5-12(18)9-14(13)19-17(20)25-10-15(21)23-3/h5-6,9,11H,4,7-8,10H2,1-3H3. The zero-order chi connectivity index (χ0) is 18.4. The van der Waals surface area contributed by atoms with Crippen LogP contribution < -0.4 is 5.56 Å². The zero-order valence-corrected chi connectivity index (χ0v) is 16.0. The van der Waals surface area contributed by atoms with Gasteiger partial charge in [-0.05, 0) is 38.5 Å². The van der Waals surface area contributed by atoms with Crippen molar-refractivity contribution in [2.45, 2.75) is 38.1 Å². The zero-order valence-electron chi connectivity index (χ0n) is 14.5. The summed E-state index contributed by atoms with van der Waals surface area (Å²) in [5, 5.41) is 1.47. The first-order chi connectivity index (χ1) is 11.9. The van der Waals surface area contributed by atoms with E-state index in [2.05, 4.69) is 9.72 Å². The summed E-state index contributed by atoms with van der Waals surface area (Å²) in [5.74, 6) is -0.294. The highest BCUT2D eigenvalue weighted by Gasteiger charge is 2.14. The molecule has 0 aliphatic rings. The van der Waals surface area contributed by atoms with Gasteiger partial charge in [0.05, 0.1) is 29.9 Å². The Morgan fingerprint density at radius 1 is 1.40 bits per heavy atom. The van der Waals surface area contributed by atoms with Crippen LogP contribution in [0.3, 0.4) is 0 Å². The Bertz CT molecular complexity index is 807. The lowest BCUT2D eigenvalue weighted by molar-refractivity contribution is -0.137. The maximum Gasteiger partial charge on any atom is 0.316 e. The summed E-state index contributed by atoms with van der Waals surface area (Å²) in [6.07, 6.45) is 0.812. The third-order valence-electron chi connectivity index (χ3n) is 3.41. The van der Waals surface area contributed by atoms with Crippen LogP contribution in [0.1, 0.15) is 20.3 Å². The molecule has 1 heterocycles. The van der Waals surface area contributed by atoms with Gasteiger partial charge in [0.1, 0.15) is 0 Å². The highest BCUT2D eigenvalue weighted by atomic mass is 35.5. The van der Waals surface area contributed by atoms with Crippen molar-refractivity contribution in [3.8, 4) is 0 Å². The van der Waals surface area contributed by atoms with Crippen LogP contribution in [-0.4, -0.2) is 41.1 Å². The first-order valence-corrected chi connectivity index (χ1v) is 9.30. The Balaban J connectivity index is 2.33. The molecule has 1 aromatic carbocycles. The largest absolute Gasteiger partial charge is 0.468 e. The van der Waals surface area contributed by atoms with Crippen molar-refractivity contribution in [3.63, 3.8) is 0 Å². The topological polar surface area (TPSA) is 70.4 Å². The van der Waals surface area contributed by atoms with Crippen molar-refractivity contribution in [3.05, 3.63) is 33.6 Å². The van der Waals surface area contributed by atoms with E-state index in [0.717, 1.165) is 0 Å². The van der Waals surface area contributed by atoms with Crippen LogP contribution in [0, 0.1) is 0 Å². The van der Waals surface area contributed by atoms with E-state index in [4.69, 9.17) is 16.3 Å². The molecular weight excluding hydrogens is 364 g/mol. The second-order valence-corrected chi connectivity index (χ2v) is 7.03. The molecule has 0 aliphatic carbocycles. The lowest BCUT2D eigenvalue weighted by atomic mass is 10.2. The van der Waals surface area contributed by atoms with Gasteiger partial charge in [0.2, 0.25) is 0 Å². The van der Waals surface area contributed by atoms with Gasteiger partial charge in [-0.15, -0.1) is 0 Å². The molecule has 0 saturated carbocycles. The Kier molecular flexibility index (Phi) is 7.28. The van der Waals surface area contributed by atoms with E-state index in [1.165, 1.54) is 18.9 Å². The first-order valence-electron chi connectivity index (χ1n) is 7.93. The summed E-state index contributed by atoms with van der Waals surface area (Å²) in [5.41, 5.74) is 0.359. The summed E-state index contributed by atoms with van der Waals surface area (Å²) < 4.78 is 11.8.